The Bertz CT molecular complexity index is 1130. The first-order valence-corrected chi connectivity index (χ1v) is 14.1. The zero-order valence-corrected chi connectivity index (χ0v) is 22.0. The van der Waals surface area contributed by atoms with E-state index in [1.807, 2.05) is 12.1 Å². The molecule has 1 aromatic heterocycles. The lowest BCUT2D eigenvalue weighted by atomic mass is 9.79. The van der Waals surface area contributed by atoms with Crippen molar-refractivity contribution in [1.82, 2.24) is 14.9 Å². The van der Waals surface area contributed by atoms with Crippen molar-refractivity contribution in [3.63, 3.8) is 0 Å². The summed E-state index contributed by atoms with van der Waals surface area (Å²) in [6, 6.07) is 8.80. The van der Waals surface area contributed by atoms with Crippen molar-refractivity contribution in [3.05, 3.63) is 56.7 Å². The summed E-state index contributed by atoms with van der Waals surface area (Å²) >= 11 is 6.07. The fourth-order valence-electron chi connectivity index (χ4n) is 7.22. The maximum Gasteiger partial charge on any atom is 0.254 e. The van der Waals surface area contributed by atoms with Crippen LogP contribution >= 0.6 is 11.6 Å². The van der Waals surface area contributed by atoms with E-state index in [-0.39, 0.29) is 5.56 Å². The van der Waals surface area contributed by atoms with Gasteiger partial charge in [-0.2, -0.15) is 0 Å². The number of nitrogens with zero attached hydrogens (tertiary/aromatic N) is 3. The number of fused-ring (bicyclic) bond motifs is 1. The molecule has 4 aliphatic rings. The maximum atomic E-state index is 12.8. The first-order valence-electron chi connectivity index (χ1n) is 13.7. The highest BCUT2D eigenvalue weighted by molar-refractivity contribution is 6.30. The molecule has 5 nitrogen and oxygen atoms in total. The average Bonchev–Trinajstić information content (AvgIpc) is 3.51. The van der Waals surface area contributed by atoms with Gasteiger partial charge in [-0.1, -0.05) is 18.5 Å². The number of rotatable bonds is 5. The van der Waals surface area contributed by atoms with Crippen LogP contribution in [-0.2, 0) is 19.3 Å². The molecular formula is C29H39ClN4O. The summed E-state index contributed by atoms with van der Waals surface area (Å²) in [6.45, 7) is 9.25. The zero-order valence-electron chi connectivity index (χ0n) is 21.3. The number of aryl methyl sites for hydroxylation is 1. The molecule has 2 saturated carbocycles. The minimum absolute atomic E-state index is 0.142. The van der Waals surface area contributed by atoms with Crippen LogP contribution < -0.4 is 10.5 Å². The third kappa shape index (κ3) is 4.67. The predicted octanol–water partition coefficient (Wildman–Crippen LogP) is 5.25. The second-order valence-corrected chi connectivity index (χ2v) is 12.7. The number of piperazine rings is 1. The van der Waals surface area contributed by atoms with Gasteiger partial charge in [-0.25, -0.2) is 4.98 Å². The Balaban J connectivity index is 1.06. The Kier molecular flexibility index (Phi) is 6.00. The Morgan fingerprint density at radius 3 is 2.57 bits per heavy atom. The molecule has 1 aromatic carbocycles. The number of hydrogen-bond acceptors (Lipinski definition) is 4. The zero-order chi connectivity index (χ0) is 24.2. The summed E-state index contributed by atoms with van der Waals surface area (Å²) in [4.78, 5) is 26.2. The Hall–Kier alpha value is -1.85. The average molecular weight is 495 g/mol. The predicted molar refractivity (Wildman–Crippen MR) is 142 cm³/mol. The molecule has 3 atom stereocenters. The van der Waals surface area contributed by atoms with Crippen molar-refractivity contribution in [3.8, 4) is 0 Å². The van der Waals surface area contributed by atoms with Gasteiger partial charge in [0, 0.05) is 54.9 Å². The minimum atomic E-state index is 0.142. The van der Waals surface area contributed by atoms with E-state index in [1.165, 1.54) is 44.2 Å². The molecule has 0 radical (unpaired) electrons. The topological polar surface area (TPSA) is 52.2 Å². The number of benzene rings is 1. The number of anilines is 1. The van der Waals surface area contributed by atoms with Crippen LogP contribution in [-0.4, -0.2) is 47.1 Å². The summed E-state index contributed by atoms with van der Waals surface area (Å²) in [5.74, 6) is 1.54. The largest absolute Gasteiger partial charge is 0.369 e. The van der Waals surface area contributed by atoms with E-state index in [1.54, 1.807) is 0 Å². The maximum absolute atomic E-state index is 12.8. The van der Waals surface area contributed by atoms with E-state index < -0.39 is 0 Å². The molecule has 0 bridgehead atoms. The molecule has 1 spiro atoms. The molecule has 2 aromatic rings. The highest BCUT2D eigenvalue weighted by Crippen LogP contribution is 2.54. The smallest absolute Gasteiger partial charge is 0.254 e. The summed E-state index contributed by atoms with van der Waals surface area (Å²) in [5, 5.41) is 0.797. The van der Waals surface area contributed by atoms with Gasteiger partial charge in [-0.15, -0.1) is 0 Å². The molecular weight excluding hydrogens is 456 g/mol. The van der Waals surface area contributed by atoms with Crippen LogP contribution in [0, 0.1) is 16.7 Å². The van der Waals surface area contributed by atoms with Crippen LogP contribution in [0.4, 0.5) is 5.69 Å². The van der Waals surface area contributed by atoms with Crippen LogP contribution in [0.5, 0.6) is 0 Å². The molecule has 3 aliphatic carbocycles. The quantitative estimate of drug-likeness (QED) is 0.616. The molecule has 2 heterocycles. The Morgan fingerprint density at radius 1 is 1.11 bits per heavy atom. The van der Waals surface area contributed by atoms with Gasteiger partial charge in [-0.05, 0) is 99.3 Å². The number of halogens is 1. The number of hydrogen-bond donors (Lipinski definition) is 1. The van der Waals surface area contributed by atoms with Gasteiger partial charge in [-0.3, -0.25) is 9.69 Å². The van der Waals surface area contributed by atoms with Gasteiger partial charge >= 0.3 is 0 Å². The van der Waals surface area contributed by atoms with E-state index in [9.17, 15) is 4.79 Å². The standard InChI is InChI=1S/C29H39ClN4O/c1-20(33-13-15-34(16-14-33)23-5-3-22(30)4-6-23)28(2)9-7-21(18-28)17-26-31-25-8-10-29(11-12-29)19-24(25)27(35)32-26/h3-6,20-21H,7-19H2,1-2H3,(H,31,32,35). The molecule has 6 heteroatoms. The van der Waals surface area contributed by atoms with Gasteiger partial charge in [0.05, 0.1) is 5.69 Å². The monoisotopic (exact) mass is 494 g/mol. The first kappa shape index (κ1) is 23.5. The molecule has 35 heavy (non-hydrogen) atoms. The number of aromatic amines is 1. The van der Waals surface area contributed by atoms with Crippen LogP contribution in [0.2, 0.25) is 5.02 Å². The van der Waals surface area contributed by atoms with Crippen LogP contribution in [0.15, 0.2) is 29.1 Å². The molecule has 6 rings (SSSR count). The molecule has 1 aliphatic heterocycles. The van der Waals surface area contributed by atoms with Gasteiger partial charge in [0.1, 0.15) is 5.82 Å². The minimum Gasteiger partial charge on any atom is -0.369 e. The third-order valence-electron chi connectivity index (χ3n) is 9.97. The van der Waals surface area contributed by atoms with Crippen molar-refractivity contribution < 1.29 is 0 Å². The lowest BCUT2D eigenvalue weighted by Gasteiger charge is -2.45. The van der Waals surface area contributed by atoms with Gasteiger partial charge in [0.25, 0.3) is 5.56 Å². The summed E-state index contributed by atoms with van der Waals surface area (Å²) in [7, 11) is 0. The SMILES string of the molecule is CC(N1CCN(c2ccc(Cl)cc2)CC1)C1(C)CCC(Cc2nc3c(c(=O)[nH]2)CC2(CC3)CC2)C1. The number of H-pyrrole nitrogens is 1. The second-order valence-electron chi connectivity index (χ2n) is 12.3. The van der Waals surface area contributed by atoms with E-state index in [0.717, 1.165) is 67.5 Å². The van der Waals surface area contributed by atoms with Crippen molar-refractivity contribution in [2.24, 2.45) is 16.7 Å². The van der Waals surface area contributed by atoms with Gasteiger partial charge in [0.2, 0.25) is 0 Å². The molecule has 188 valence electrons. The fourth-order valence-corrected chi connectivity index (χ4v) is 7.34. The molecule has 3 unspecified atom stereocenters. The van der Waals surface area contributed by atoms with Crippen LogP contribution in [0.3, 0.4) is 0 Å². The van der Waals surface area contributed by atoms with Gasteiger partial charge in [0.15, 0.2) is 0 Å². The lowest BCUT2D eigenvalue weighted by molar-refractivity contribution is 0.0826. The summed E-state index contributed by atoms with van der Waals surface area (Å²) in [6.07, 6.45) is 10.4. The Labute approximate surface area is 214 Å². The summed E-state index contributed by atoms with van der Waals surface area (Å²) in [5.41, 5.74) is 4.26. The van der Waals surface area contributed by atoms with Crippen molar-refractivity contribution in [2.75, 3.05) is 31.1 Å². The van der Waals surface area contributed by atoms with Crippen molar-refractivity contribution in [2.45, 2.75) is 77.7 Å². The number of nitrogens with one attached hydrogen (secondary N) is 1. The Morgan fingerprint density at radius 2 is 1.86 bits per heavy atom. The molecule has 0 amide bonds. The lowest BCUT2D eigenvalue weighted by Crippen LogP contribution is -2.53. The highest BCUT2D eigenvalue weighted by atomic mass is 35.5. The molecule has 1 saturated heterocycles. The van der Waals surface area contributed by atoms with Crippen molar-refractivity contribution >= 4 is 17.3 Å². The molecule has 3 fully saturated rings. The molecule has 1 N–H and O–H groups in total. The van der Waals surface area contributed by atoms with Crippen LogP contribution in [0.1, 0.15) is 69.5 Å². The summed E-state index contributed by atoms with van der Waals surface area (Å²) < 4.78 is 0. The number of aromatic nitrogens is 2. The first-order chi connectivity index (χ1) is 16.8. The van der Waals surface area contributed by atoms with Crippen molar-refractivity contribution in [1.29, 1.82) is 0 Å². The second kappa shape index (κ2) is 8.92. The van der Waals surface area contributed by atoms with E-state index in [0.29, 0.717) is 22.8 Å². The van der Waals surface area contributed by atoms with E-state index >= 15 is 0 Å². The van der Waals surface area contributed by atoms with Crippen LogP contribution in [0.25, 0.3) is 0 Å². The highest BCUT2D eigenvalue weighted by Gasteiger charge is 2.46. The normalized spacial score (nSPS) is 28.8. The van der Waals surface area contributed by atoms with E-state index in [2.05, 4.69) is 40.8 Å². The van der Waals surface area contributed by atoms with E-state index in [4.69, 9.17) is 16.6 Å². The fraction of sp³-hybridized carbons (Fsp3) is 0.655. The third-order valence-corrected chi connectivity index (χ3v) is 10.2. The van der Waals surface area contributed by atoms with Gasteiger partial charge < -0.3 is 9.88 Å².